The number of ether oxygens (including phenoxy) is 1. The fourth-order valence-electron chi connectivity index (χ4n) is 5.43. The Morgan fingerprint density at radius 2 is 1.85 bits per heavy atom. The molecule has 0 spiro atoms. The molecule has 0 saturated carbocycles. The summed E-state index contributed by atoms with van der Waals surface area (Å²) in [5, 5.41) is 4.53. The van der Waals surface area contributed by atoms with E-state index in [-0.39, 0.29) is 41.1 Å². The van der Waals surface area contributed by atoms with Gasteiger partial charge in [-0.2, -0.15) is 18.3 Å². The van der Waals surface area contributed by atoms with Gasteiger partial charge in [0, 0.05) is 34.0 Å². The normalized spacial score (nSPS) is 16.8. The van der Waals surface area contributed by atoms with Crippen LogP contribution in [0, 0.1) is 13.8 Å². The van der Waals surface area contributed by atoms with Crippen molar-refractivity contribution in [2.45, 2.75) is 59.0 Å². The first-order valence-corrected chi connectivity index (χ1v) is 17.3. The fourth-order valence-corrected chi connectivity index (χ4v) is 6.63. The predicted octanol–water partition coefficient (Wildman–Crippen LogP) is 6.00. The lowest BCUT2D eigenvalue weighted by atomic mass is 9.98. The number of fused-ring (bicyclic) bond motifs is 1. The van der Waals surface area contributed by atoms with Crippen LogP contribution in [-0.4, -0.2) is 60.4 Å². The molecule has 0 saturated heterocycles. The molecule has 1 aliphatic heterocycles. The van der Waals surface area contributed by atoms with Crippen molar-refractivity contribution in [3.8, 4) is 17.4 Å². The number of alkyl halides is 3. The first-order chi connectivity index (χ1) is 21.9. The summed E-state index contributed by atoms with van der Waals surface area (Å²) in [6, 6.07) is 11.2. The molecule has 1 N–H and O–H groups in total. The molecule has 5 rings (SSSR count). The Balaban J connectivity index is 1.52. The van der Waals surface area contributed by atoms with Gasteiger partial charge in [0.1, 0.15) is 12.4 Å². The Kier molecular flexibility index (Phi) is 9.57. The van der Waals surface area contributed by atoms with Crippen LogP contribution in [0.15, 0.2) is 57.8 Å². The van der Waals surface area contributed by atoms with Crippen LogP contribution in [0.3, 0.4) is 0 Å². The number of aryl methyl sites for hydroxylation is 2. The summed E-state index contributed by atoms with van der Waals surface area (Å²) in [5.74, 6) is -0.0124. The van der Waals surface area contributed by atoms with Crippen molar-refractivity contribution in [1.82, 2.24) is 24.2 Å². The van der Waals surface area contributed by atoms with Gasteiger partial charge in [-0.1, -0.05) is 15.9 Å². The SMILES string of the molecule is Cc1cc(C)n(-c2nc3c(c(=O)n2-c2ccc(OCC(C)OP(C)(=O)O)cc2)CC(C)N(C(=O)c2ccc(Br)c(C(F)(F)F)c2)C3)n1. The number of nitrogens with zero attached hydrogens (tertiary/aromatic N) is 5. The van der Waals surface area contributed by atoms with Crippen molar-refractivity contribution in [1.29, 1.82) is 0 Å². The smallest absolute Gasteiger partial charge is 0.417 e. The first kappa shape index (κ1) is 34.6. The lowest BCUT2D eigenvalue weighted by Gasteiger charge is -2.34. The van der Waals surface area contributed by atoms with Crippen molar-refractivity contribution in [3.63, 3.8) is 0 Å². The maximum Gasteiger partial charge on any atom is 0.417 e. The number of benzene rings is 2. The van der Waals surface area contributed by atoms with E-state index in [1.54, 1.807) is 52.0 Å². The zero-order valence-corrected chi connectivity index (χ0v) is 28.6. The zero-order chi connectivity index (χ0) is 34.4. The second-order valence-corrected chi connectivity index (χ2v) is 14.2. The number of hydrogen-bond acceptors (Lipinski definition) is 7. The summed E-state index contributed by atoms with van der Waals surface area (Å²) in [7, 11) is -3.68. The summed E-state index contributed by atoms with van der Waals surface area (Å²) in [5.41, 5.74) is 1.05. The van der Waals surface area contributed by atoms with E-state index in [4.69, 9.17) is 14.2 Å². The van der Waals surface area contributed by atoms with Crippen molar-refractivity contribution in [3.05, 3.63) is 97.1 Å². The minimum Gasteiger partial charge on any atom is -0.491 e. The van der Waals surface area contributed by atoms with Crippen LogP contribution in [0.25, 0.3) is 11.6 Å². The molecule has 3 atom stereocenters. The van der Waals surface area contributed by atoms with Crippen LogP contribution in [0.2, 0.25) is 0 Å². The molecule has 3 heterocycles. The molecule has 47 heavy (non-hydrogen) atoms. The molecule has 11 nitrogen and oxygen atoms in total. The molecule has 3 unspecified atom stereocenters. The Hall–Kier alpha value is -3.78. The molecule has 0 radical (unpaired) electrons. The quantitative estimate of drug-likeness (QED) is 0.218. The van der Waals surface area contributed by atoms with Crippen LogP contribution in [0.4, 0.5) is 13.2 Å². The minimum atomic E-state index is -4.66. The summed E-state index contributed by atoms with van der Waals surface area (Å²) < 4.78 is 65.7. The number of rotatable bonds is 8. The molecule has 2 aromatic heterocycles. The van der Waals surface area contributed by atoms with Gasteiger partial charge in [-0.05, 0) is 82.6 Å². The van der Waals surface area contributed by atoms with Gasteiger partial charge in [-0.3, -0.25) is 14.2 Å². The highest BCUT2D eigenvalue weighted by Crippen LogP contribution is 2.38. The third-order valence-electron chi connectivity index (χ3n) is 7.53. The van der Waals surface area contributed by atoms with E-state index in [0.717, 1.165) is 12.7 Å². The minimum absolute atomic E-state index is 0.0139. The molecule has 250 valence electrons. The maximum atomic E-state index is 14.2. The molecular formula is C31H32BrF3N5O6P. The number of amides is 1. The van der Waals surface area contributed by atoms with E-state index >= 15 is 0 Å². The van der Waals surface area contributed by atoms with Crippen molar-refractivity contribution >= 4 is 29.4 Å². The summed E-state index contributed by atoms with van der Waals surface area (Å²) >= 11 is 2.91. The molecule has 2 aromatic carbocycles. The lowest BCUT2D eigenvalue weighted by molar-refractivity contribution is -0.138. The fraction of sp³-hybridized carbons (Fsp3) is 0.355. The van der Waals surface area contributed by atoms with Gasteiger partial charge in [0.25, 0.3) is 11.5 Å². The Morgan fingerprint density at radius 3 is 2.45 bits per heavy atom. The van der Waals surface area contributed by atoms with Gasteiger partial charge in [-0.25, -0.2) is 14.2 Å². The van der Waals surface area contributed by atoms with Crippen LogP contribution in [0.5, 0.6) is 5.75 Å². The van der Waals surface area contributed by atoms with Gasteiger partial charge in [-0.15, -0.1) is 0 Å². The molecule has 1 amide bonds. The summed E-state index contributed by atoms with van der Waals surface area (Å²) in [4.78, 5) is 43.4. The van der Waals surface area contributed by atoms with E-state index < -0.39 is 37.4 Å². The maximum absolute atomic E-state index is 14.2. The van der Waals surface area contributed by atoms with Crippen LogP contribution in [-0.2, 0) is 28.2 Å². The second kappa shape index (κ2) is 13.0. The molecule has 4 aromatic rings. The molecular weight excluding hydrogens is 706 g/mol. The van der Waals surface area contributed by atoms with E-state index in [1.807, 2.05) is 6.07 Å². The van der Waals surface area contributed by atoms with E-state index in [0.29, 0.717) is 34.1 Å². The number of hydrogen-bond donors (Lipinski definition) is 1. The van der Waals surface area contributed by atoms with E-state index in [9.17, 15) is 32.2 Å². The molecule has 0 aliphatic carbocycles. The van der Waals surface area contributed by atoms with Crippen LogP contribution in [0.1, 0.15) is 52.4 Å². The van der Waals surface area contributed by atoms with Gasteiger partial charge in [0.15, 0.2) is 0 Å². The Morgan fingerprint density at radius 1 is 1.17 bits per heavy atom. The molecule has 0 bridgehead atoms. The van der Waals surface area contributed by atoms with Crippen LogP contribution >= 0.6 is 23.5 Å². The number of carbonyl (C=O) groups is 1. The van der Waals surface area contributed by atoms with Crippen molar-refractivity contribution < 1.29 is 36.7 Å². The molecule has 1 aliphatic rings. The summed E-state index contributed by atoms with van der Waals surface area (Å²) in [6.45, 7) is 7.95. The van der Waals surface area contributed by atoms with Gasteiger partial charge >= 0.3 is 13.8 Å². The van der Waals surface area contributed by atoms with Gasteiger partial charge < -0.3 is 19.1 Å². The monoisotopic (exact) mass is 737 g/mol. The topological polar surface area (TPSA) is 129 Å². The highest BCUT2D eigenvalue weighted by molar-refractivity contribution is 9.10. The highest BCUT2D eigenvalue weighted by atomic mass is 79.9. The average Bonchev–Trinajstić information content (AvgIpc) is 3.32. The molecule has 0 fully saturated rings. The van der Waals surface area contributed by atoms with E-state index in [2.05, 4.69) is 21.0 Å². The molecule has 16 heteroatoms. The second-order valence-electron chi connectivity index (χ2n) is 11.5. The van der Waals surface area contributed by atoms with Gasteiger partial charge in [0.2, 0.25) is 5.95 Å². The van der Waals surface area contributed by atoms with Crippen molar-refractivity contribution in [2.24, 2.45) is 0 Å². The number of aromatic nitrogens is 4. The number of halogens is 4. The number of carbonyl (C=O) groups excluding carboxylic acids is 1. The third-order valence-corrected chi connectivity index (χ3v) is 8.97. The Bertz CT molecular complexity index is 1940. The average molecular weight is 738 g/mol. The Labute approximate surface area is 276 Å². The van der Waals surface area contributed by atoms with Crippen molar-refractivity contribution in [2.75, 3.05) is 13.3 Å². The highest BCUT2D eigenvalue weighted by Gasteiger charge is 2.36. The zero-order valence-electron chi connectivity index (χ0n) is 26.1. The lowest BCUT2D eigenvalue weighted by Crippen LogP contribution is -2.46. The van der Waals surface area contributed by atoms with Crippen LogP contribution < -0.4 is 10.3 Å². The predicted molar refractivity (Wildman–Crippen MR) is 170 cm³/mol. The first-order valence-electron chi connectivity index (χ1n) is 14.5. The van der Waals surface area contributed by atoms with E-state index in [1.165, 1.54) is 26.3 Å². The summed E-state index contributed by atoms with van der Waals surface area (Å²) in [6.07, 6.45) is -5.18. The third kappa shape index (κ3) is 7.53. The van der Waals surface area contributed by atoms with Gasteiger partial charge in [0.05, 0.1) is 35.3 Å². The standard InChI is InChI=1S/C31H32BrF3N5O6P/c1-17-12-19(3)40(37-17)30-36-27-15-38(28(41)21-6-11-26(32)25(14-21)31(33,34)35)18(2)13-24(27)29(42)39(30)22-7-9-23(10-8-22)45-16-20(4)46-47(5,43)44/h6-12,14,18,20H,13,15-16H2,1-5H3,(H,43,44). The largest absolute Gasteiger partial charge is 0.491 e.